The Kier molecular flexibility index (Phi) is 13.9. The topological polar surface area (TPSA) is 117 Å². The van der Waals surface area contributed by atoms with Crippen LogP contribution in [-0.4, -0.2) is 73.9 Å². The molecule has 0 atom stereocenters. The predicted molar refractivity (Wildman–Crippen MR) is 145 cm³/mol. The molecule has 10 nitrogen and oxygen atoms in total. The number of nitro benzene ring substituents is 1. The summed E-state index contributed by atoms with van der Waals surface area (Å²) in [6.45, 7) is 1.81. The number of nitro groups is 1. The van der Waals surface area contributed by atoms with Gasteiger partial charge in [0.25, 0.3) is 11.6 Å². The summed E-state index contributed by atoms with van der Waals surface area (Å²) in [4.78, 5) is 39.7. The first-order valence-corrected chi connectivity index (χ1v) is 11.9. The number of carbonyl (C=O) groups excluding carboxylic acids is 2. The minimum Gasteiger partial charge on any atom is -0.444 e. The summed E-state index contributed by atoms with van der Waals surface area (Å²) in [6.07, 6.45) is -0.786. The highest BCUT2D eigenvalue weighted by atomic mass is 35.5. The van der Waals surface area contributed by atoms with Gasteiger partial charge in [0.1, 0.15) is 12.2 Å². The summed E-state index contributed by atoms with van der Waals surface area (Å²) in [5, 5.41) is 16.9. The highest BCUT2D eigenvalue weighted by molar-refractivity contribution is 6.18. The molecule has 2 aromatic rings. The maximum atomic E-state index is 12.5. The van der Waals surface area contributed by atoms with Crippen molar-refractivity contribution in [3.63, 3.8) is 0 Å². The van der Waals surface area contributed by atoms with E-state index >= 15 is 0 Å². The molecule has 0 radical (unpaired) electrons. The van der Waals surface area contributed by atoms with Gasteiger partial charge in [-0.3, -0.25) is 20.2 Å². The summed E-state index contributed by atoms with van der Waals surface area (Å²) in [5.41, 5.74) is 1.01. The lowest BCUT2D eigenvalue weighted by Crippen LogP contribution is -2.31. The fraction of sp³-hybridized carbons (Fsp3) is 0.391. The zero-order chi connectivity index (χ0) is 25.8. The van der Waals surface area contributed by atoms with Crippen molar-refractivity contribution >= 4 is 64.7 Å². The number of nitrogens with one attached hydrogen (secondary N) is 2. The number of anilines is 2. The molecule has 0 spiro atoms. The van der Waals surface area contributed by atoms with Crippen LogP contribution >= 0.6 is 35.6 Å². The van der Waals surface area contributed by atoms with Gasteiger partial charge in [0.05, 0.1) is 10.5 Å². The first-order chi connectivity index (χ1) is 16.8. The minimum absolute atomic E-state index is 0. The number of halogens is 3. The number of nitrogens with zero attached hydrogens (tertiary/aromatic N) is 3. The van der Waals surface area contributed by atoms with Crippen LogP contribution in [-0.2, 0) is 11.3 Å². The van der Waals surface area contributed by atoms with Crippen LogP contribution < -0.4 is 15.5 Å². The van der Waals surface area contributed by atoms with E-state index in [9.17, 15) is 19.7 Å². The molecule has 2 aromatic carbocycles. The number of carbonyl (C=O) groups is 2. The van der Waals surface area contributed by atoms with Gasteiger partial charge in [0.15, 0.2) is 0 Å². The third-order valence-electron chi connectivity index (χ3n) is 4.94. The highest BCUT2D eigenvalue weighted by Crippen LogP contribution is 2.25. The monoisotopic (exact) mass is 561 g/mol. The minimum atomic E-state index is -0.786. The second-order valence-electron chi connectivity index (χ2n) is 7.74. The van der Waals surface area contributed by atoms with Crippen molar-refractivity contribution in [2.75, 3.05) is 62.3 Å². The normalized spacial score (nSPS) is 10.4. The van der Waals surface area contributed by atoms with E-state index in [1.54, 1.807) is 12.1 Å². The molecule has 13 heteroatoms. The molecule has 0 saturated carbocycles. The number of likely N-dealkylation sites (N-methyl/N-ethyl adjacent to an activating group) is 1. The Labute approximate surface area is 226 Å². The van der Waals surface area contributed by atoms with Crippen LogP contribution in [0.1, 0.15) is 15.9 Å². The lowest BCUT2D eigenvalue weighted by molar-refractivity contribution is -0.386. The van der Waals surface area contributed by atoms with E-state index in [0.717, 1.165) is 5.69 Å². The molecule has 0 saturated heterocycles. The Morgan fingerprint density at radius 1 is 1.03 bits per heavy atom. The van der Waals surface area contributed by atoms with Crippen LogP contribution in [0.2, 0.25) is 0 Å². The lowest BCUT2D eigenvalue weighted by atomic mass is 10.1. The maximum absolute atomic E-state index is 12.5. The highest BCUT2D eigenvalue weighted by Gasteiger charge is 2.25. The quantitative estimate of drug-likeness (QED) is 0.212. The fourth-order valence-corrected chi connectivity index (χ4v) is 3.63. The van der Waals surface area contributed by atoms with Crippen LogP contribution in [0.3, 0.4) is 0 Å². The van der Waals surface area contributed by atoms with Gasteiger partial charge in [-0.05, 0) is 50.5 Å². The number of ether oxygens (including phenoxy) is 1. The molecule has 0 fully saturated rings. The molecule has 198 valence electrons. The number of benzene rings is 2. The molecule has 0 aliphatic carbocycles. The Balaban J connectivity index is 0.00000648. The zero-order valence-electron chi connectivity index (χ0n) is 20.0. The van der Waals surface area contributed by atoms with Gasteiger partial charge < -0.3 is 19.9 Å². The first-order valence-electron chi connectivity index (χ1n) is 10.9. The van der Waals surface area contributed by atoms with Crippen molar-refractivity contribution in [2.45, 2.75) is 6.61 Å². The summed E-state index contributed by atoms with van der Waals surface area (Å²) in [5.74, 6) is 0.338. The Hall–Kier alpha value is -2.79. The molecular weight excluding hydrogens is 533 g/mol. The van der Waals surface area contributed by atoms with Gasteiger partial charge in [-0.1, -0.05) is 6.07 Å². The molecule has 0 aliphatic rings. The standard InChI is InChI=1S/C23H29Cl2N5O5.ClH/c1-28(2)15-12-26-22(31)20-5-3-4-17(21(20)30(33)34)16-35-23(32)27-18-6-8-19(9-7-18)29(13-10-24)14-11-25;/h3-9H,10-16H2,1-2H3,(H,26,31)(H,27,32);1H. The van der Waals surface area contributed by atoms with Crippen molar-refractivity contribution in [2.24, 2.45) is 0 Å². The van der Waals surface area contributed by atoms with E-state index in [0.29, 0.717) is 43.6 Å². The van der Waals surface area contributed by atoms with Gasteiger partial charge in [0.2, 0.25) is 0 Å². The van der Waals surface area contributed by atoms with Crippen molar-refractivity contribution in [3.8, 4) is 0 Å². The summed E-state index contributed by atoms with van der Waals surface area (Å²) in [7, 11) is 3.70. The van der Waals surface area contributed by atoms with E-state index < -0.39 is 22.6 Å². The van der Waals surface area contributed by atoms with Gasteiger partial charge in [-0.15, -0.1) is 35.6 Å². The van der Waals surface area contributed by atoms with E-state index in [-0.39, 0.29) is 30.1 Å². The molecule has 2 N–H and O–H groups in total. The zero-order valence-corrected chi connectivity index (χ0v) is 22.4. The number of hydrogen-bond acceptors (Lipinski definition) is 7. The number of amides is 2. The third kappa shape index (κ3) is 9.69. The summed E-state index contributed by atoms with van der Waals surface area (Å²) in [6, 6.07) is 11.4. The predicted octanol–water partition coefficient (Wildman–Crippen LogP) is 4.34. The second kappa shape index (κ2) is 16.1. The van der Waals surface area contributed by atoms with Crippen LogP contribution in [0, 0.1) is 10.1 Å². The average molecular weight is 563 g/mol. The van der Waals surface area contributed by atoms with Gasteiger partial charge in [-0.25, -0.2) is 4.79 Å². The van der Waals surface area contributed by atoms with E-state index in [4.69, 9.17) is 27.9 Å². The molecule has 0 heterocycles. The lowest BCUT2D eigenvalue weighted by Gasteiger charge is -2.23. The third-order valence-corrected chi connectivity index (χ3v) is 5.28. The largest absolute Gasteiger partial charge is 0.444 e. The van der Waals surface area contributed by atoms with Crippen LogP contribution in [0.15, 0.2) is 42.5 Å². The Morgan fingerprint density at radius 3 is 2.22 bits per heavy atom. The Bertz CT molecular complexity index is 1000. The molecule has 0 aliphatic heterocycles. The maximum Gasteiger partial charge on any atom is 0.411 e. The van der Waals surface area contributed by atoms with Crippen molar-refractivity contribution in [3.05, 3.63) is 63.7 Å². The van der Waals surface area contributed by atoms with Crippen molar-refractivity contribution < 1.29 is 19.2 Å². The van der Waals surface area contributed by atoms with Gasteiger partial charge >= 0.3 is 6.09 Å². The molecule has 2 amide bonds. The molecule has 2 rings (SSSR count). The summed E-state index contributed by atoms with van der Waals surface area (Å²) >= 11 is 11.7. The average Bonchev–Trinajstić information content (AvgIpc) is 2.82. The van der Waals surface area contributed by atoms with Gasteiger partial charge in [0, 0.05) is 49.3 Å². The SMILES string of the molecule is CN(C)CCNC(=O)c1cccc(COC(=O)Nc2ccc(N(CCCl)CCCl)cc2)c1[N+](=O)[O-].Cl. The van der Waals surface area contributed by atoms with Gasteiger partial charge in [-0.2, -0.15) is 0 Å². The number of alkyl halides is 2. The Morgan fingerprint density at radius 2 is 1.67 bits per heavy atom. The molecule has 0 bridgehead atoms. The van der Waals surface area contributed by atoms with Crippen LogP contribution in [0.25, 0.3) is 0 Å². The smallest absolute Gasteiger partial charge is 0.411 e. The van der Waals surface area contributed by atoms with E-state index in [1.807, 2.05) is 36.0 Å². The molecular formula is C23H30Cl3N5O5. The fourth-order valence-electron chi connectivity index (χ4n) is 3.22. The molecule has 36 heavy (non-hydrogen) atoms. The van der Waals surface area contributed by atoms with E-state index in [1.165, 1.54) is 18.2 Å². The second-order valence-corrected chi connectivity index (χ2v) is 8.50. The van der Waals surface area contributed by atoms with Crippen molar-refractivity contribution in [1.82, 2.24) is 10.2 Å². The van der Waals surface area contributed by atoms with Crippen molar-refractivity contribution in [1.29, 1.82) is 0 Å². The molecule has 0 unspecified atom stereocenters. The first kappa shape index (κ1) is 31.2. The van der Waals surface area contributed by atoms with E-state index in [2.05, 4.69) is 10.6 Å². The number of hydrogen-bond donors (Lipinski definition) is 2. The number of rotatable bonds is 13. The molecule has 0 aromatic heterocycles. The van der Waals surface area contributed by atoms with Crippen LogP contribution in [0.4, 0.5) is 21.9 Å². The van der Waals surface area contributed by atoms with Crippen LogP contribution in [0.5, 0.6) is 0 Å². The number of para-hydroxylation sites is 1. The summed E-state index contributed by atoms with van der Waals surface area (Å²) < 4.78 is 5.19.